The van der Waals surface area contributed by atoms with Gasteiger partial charge >= 0.3 is 0 Å². The molecule has 140 valence electrons. The van der Waals surface area contributed by atoms with Crippen LogP contribution in [0, 0.1) is 12.8 Å². The molecule has 6 heteroatoms. The van der Waals surface area contributed by atoms with Crippen molar-refractivity contribution in [2.24, 2.45) is 5.92 Å². The van der Waals surface area contributed by atoms with Gasteiger partial charge in [0.15, 0.2) is 0 Å². The summed E-state index contributed by atoms with van der Waals surface area (Å²) in [6.45, 7) is 9.47. The van der Waals surface area contributed by atoms with Crippen molar-refractivity contribution in [2.45, 2.75) is 40.7 Å². The van der Waals surface area contributed by atoms with E-state index in [1.165, 1.54) is 6.08 Å². The van der Waals surface area contributed by atoms with Crippen LogP contribution >= 0.6 is 11.6 Å². The fourth-order valence-electron chi connectivity index (χ4n) is 2.46. The normalized spacial score (nSPS) is 11.3. The summed E-state index contributed by atoms with van der Waals surface area (Å²) < 4.78 is 7.43. The summed E-state index contributed by atoms with van der Waals surface area (Å²) in [5.74, 6) is 0.853. The molecule has 0 radical (unpaired) electrons. The number of benzene rings is 1. The molecule has 2 rings (SSSR count). The maximum Gasteiger partial charge on any atom is 0.248 e. The van der Waals surface area contributed by atoms with Gasteiger partial charge in [-0.1, -0.05) is 44.5 Å². The molecule has 0 bridgehead atoms. The van der Waals surface area contributed by atoms with Gasteiger partial charge in [0.1, 0.15) is 10.9 Å². The van der Waals surface area contributed by atoms with Gasteiger partial charge in [-0.05, 0) is 37.5 Å². The van der Waals surface area contributed by atoms with E-state index >= 15 is 0 Å². The summed E-state index contributed by atoms with van der Waals surface area (Å²) in [6.07, 6.45) is 4.07. The molecule has 0 fully saturated rings. The van der Waals surface area contributed by atoms with Crippen molar-refractivity contribution in [3.05, 3.63) is 46.8 Å². The number of nitrogens with one attached hydrogen (secondary N) is 1. The fourth-order valence-corrected chi connectivity index (χ4v) is 2.77. The van der Waals surface area contributed by atoms with Gasteiger partial charge in [-0.3, -0.25) is 9.48 Å². The number of nitrogens with zero attached hydrogens (tertiary/aromatic N) is 2. The quantitative estimate of drug-likeness (QED) is 0.664. The molecular formula is C20H26ClN3O2. The monoisotopic (exact) mass is 375 g/mol. The number of aryl methyl sites for hydroxylation is 1. The Kier molecular flexibility index (Phi) is 7.27. The lowest BCUT2D eigenvalue weighted by atomic mass is 10.2. The average molecular weight is 376 g/mol. The van der Waals surface area contributed by atoms with Gasteiger partial charge in [0, 0.05) is 18.2 Å². The Morgan fingerprint density at radius 3 is 2.81 bits per heavy atom. The minimum atomic E-state index is -0.246. The van der Waals surface area contributed by atoms with Crippen molar-refractivity contribution in [3.63, 3.8) is 0 Å². The maximum absolute atomic E-state index is 12.3. The minimum absolute atomic E-state index is 0.246. The highest BCUT2D eigenvalue weighted by Crippen LogP contribution is 2.25. The van der Waals surface area contributed by atoms with E-state index in [0.29, 0.717) is 29.1 Å². The predicted molar refractivity (Wildman–Crippen MR) is 107 cm³/mol. The van der Waals surface area contributed by atoms with Gasteiger partial charge in [-0.25, -0.2) is 0 Å². The summed E-state index contributed by atoms with van der Waals surface area (Å²) in [4.78, 5) is 12.3. The number of carbonyl (C=O) groups is 1. The molecule has 1 aromatic heterocycles. The Hall–Kier alpha value is -2.27. The molecule has 5 nitrogen and oxygen atoms in total. The zero-order valence-corrected chi connectivity index (χ0v) is 16.5. The van der Waals surface area contributed by atoms with Crippen LogP contribution in [0.2, 0.25) is 5.15 Å². The largest absolute Gasteiger partial charge is 0.491 e. The van der Waals surface area contributed by atoms with Crippen molar-refractivity contribution in [2.75, 3.05) is 11.9 Å². The van der Waals surface area contributed by atoms with Gasteiger partial charge in [0.05, 0.1) is 18.0 Å². The first-order valence-corrected chi connectivity index (χ1v) is 9.24. The summed E-state index contributed by atoms with van der Waals surface area (Å²) in [7, 11) is 0. The first-order chi connectivity index (χ1) is 12.4. The lowest BCUT2D eigenvalue weighted by Gasteiger charge is -2.10. The lowest BCUT2D eigenvalue weighted by molar-refractivity contribution is -0.111. The second-order valence-corrected chi connectivity index (χ2v) is 6.89. The number of halogens is 1. The summed E-state index contributed by atoms with van der Waals surface area (Å²) in [5, 5.41) is 7.84. The molecule has 26 heavy (non-hydrogen) atoms. The van der Waals surface area contributed by atoms with E-state index < -0.39 is 0 Å². The van der Waals surface area contributed by atoms with Crippen molar-refractivity contribution < 1.29 is 9.53 Å². The van der Waals surface area contributed by atoms with Crippen molar-refractivity contribution in [3.8, 4) is 5.75 Å². The van der Waals surface area contributed by atoms with Crippen molar-refractivity contribution in [1.82, 2.24) is 9.78 Å². The molecule has 1 amide bonds. The fraction of sp³-hybridized carbons (Fsp3) is 0.400. The number of carbonyl (C=O) groups excluding carboxylic acids is 1. The molecule has 0 spiro atoms. The van der Waals surface area contributed by atoms with Gasteiger partial charge in [0.25, 0.3) is 0 Å². The van der Waals surface area contributed by atoms with Crippen LogP contribution in [-0.2, 0) is 11.3 Å². The first-order valence-electron chi connectivity index (χ1n) is 8.86. The van der Waals surface area contributed by atoms with E-state index in [0.717, 1.165) is 24.2 Å². The Labute approximate surface area is 160 Å². The van der Waals surface area contributed by atoms with Crippen LogP contribution < -0.4 is 10.1 Å². The highest BCUT2D eigenvalue weighted by atomic mass is 35.5. The Balaban J connectivity index is 2.10. The van der Waals surface area contributed by atoms with Crippen molar-refractivity contribution in [1.29, 1.82) is 0 Å². The topological polar surface area (TPSA) is 56.1 Å². The molecule has 1 aromatic carbocycles. The molecule has 0 saturated heterocycles. The summed E-state index contributed by atoms with van der Waals surface area (Å²) in [6, 6.07) is 7.39. The van der Waals surface area contributed by atoms with Crippen molar-refractivity contribution >= 4 is 29.3 Å². The zero-order chi connectivity index (χ0) is 19.1. The Bertz CT molecular complexity index is 781. The third-order valence-corrected chi connectivity index (χ3v) is 4.05. The van der Waals surface area contributed by atoms with Crippen LogP contribution in [0.4, 0.5) is 5.69 Å². The van der Waals surface area contributed by atoms with Gasteiger partial charge in [-0.2, -0.15) is 5.10 Å². The van der Waals surface area contributed by atoms with Crippen LogP contribution in [0.25, 0.3) is 6.08 Å². The molecule has 1 heterocycles. The number of aromatic nitrogens is 2. The average Bonchev–Trinajstić information content (AvgIpc) is 2.85. The molecule has 0 unspecified atom stereocenters. The van der Waals surface area contributed by atoms with E-state index in [9.17, 15) is 4.79 Å². The van der Waals surface area contributed by atoms with Crippen LogP contribution in [0.3, 0.4) is 0 Å². The number of anilines is 1. The van der Waals surface area contributed by atoms with Crippen LogP contribution in [-0.4, -0.2) is 22.3 Å². The van der Waals surface area contributed by atoms with E-state index in [1.807, 2.05) is 38.1 Å². The van der Waals surface area contributed by atoms with Crippen LogP contribution in [0.15, 0.2) is 30.3 Å². The van der Waals surface area contributed by atoms with Gasteiger partial charge in [-0.15, -0.1) is 0 Å². The molecule has 1 N–H and O–H groups in total. The smallest absolute Gasteiger partial charge is 0.248 e. The molecule has 0 atom stereocenters. The maximum atomic E-state index is 12.3. The highest BCUT2D eigenvalue weighted by molar-refractivity contribution is 6.31. The molecule has 0 saturated carbocycles. The third kappa shape index (κ3) is 5.36. The van der Waals surface area contributed by atoms with E-state index in [2.05, 4.69) is 24.3 Å². The van der Waals surface area contributed by atoms with Crippen LogP contribution in [0.1, 0.15) is 38.4 Å². The zero-order valence-electron chi connectivity index (χ0n) is 15.8. The molecule has 0 aliphatic heterocycles. The van der Waals surface area contributed by atoms with Crippen LogP contribution in [0.5, 0.6) is 5.75 Å². The second kappa shape index (κ2) is 9.43. The van der Waals surface area contributed by atoms with E-state index in [1.54, 1.807) is 10.8 Å². The number of ether oxygens (including phenoxy) is 1. The molecular weight excluding hydrogens is 350 g/mol. The number of para-hydroxylation sites is 2. The lowest BCUT2D eigenvalue weighted by Crippen LogP contribution is -2.09. The predicted octanol–water partition coefficient (Wildman–Crippen LogP) is 4.94. The molecule has 0 aliphatic carbocycles. The van der Waals surface area contributed by atoms with Gasteiger partial charge in [0.2, 0.25) is 5.91 Å². The van der Waals surface area contributed by atoms with E-state index in [-0.39, 0.29) is 5.91 Å². The molecule has 2 aromatic rings. The molecule has 0 aliphatic rings. The number of hydrogen-bond donors (Lipinski definition) is 1. The first kappa shape index (κ1) is 20.0. The SMILES string of the molecule is CCCOc1ccccc1NC(=O)C=Cc1c(C)nn(CC(C)C)c1Cl. The second-order valence-electron chi connectivity index (χ2n) is 6.53. The number of amides is 1. The minimum Gasteiger partial charge on any atom is -0.491 e. The van der Waals surface area contributed by atoms with Gasteiger partial charge < -0.3 is 10.1 Å². The standard InChI is InChI=1S/C20H26ClN3O2/c1-5-12-26-18-9-7-6-8-17(18)22-19(25)11-10-16-15(4)23-24(20(16)21)13-14(2)3/h6-11,14H,5,12-13H2,1-4H3,(H,22,25). The Morgan fingerprint density at radius 2 is 2.12 bits per heavy atom. The summed E-state index contributed by atoms with van der Waals surface area (Å²) in [5.41, 5.74) is 2.21. The summed E-state index contributed by atoms with van der Waals surface area (Å²) >= 11 is 6.40. The number of hydrogen-bond acceptors (Lipinski definition) is 3. The third-order valence-electron chi connectivity index (χ3n) is 3.66. The highest BCUT2D eigenvalue weighted by Gasteiger charge is 2.12. The van der Waals surface area contributed by atoms with E-state index in [4.69, 9.17) is 16.3 Å². The Morgan fingerprint density at radius 1 is 1.38 bits per heavy atom. The number of rotatable bonds is 8.